The van der Waals surface area contributed by atoms with E-state index in [0.717, 1.165) is 0 Å². The third kappa shape index (κ3) is 7.84. The Hall–Kier alpha value is -3.29. The summed E-state index contributed by atoms with van der Waals surface area (Å²) in [5.41, 5.74) is 1.03. The zero-order chi connectivity index (χ0) is 26.9. The van der Waals surface area contributed by atoms with Crippen molar-refractivity contribution < 1.29 is 39.1 Å². The molecule has 0 radical (unpaired) electrons. The van der Waals surface area contributed by atoms with Crippen molar-refractivity contribution in [3.63, 3.8) is 0 Å². The van der Waals surface area contributed by atoms with E-state index in [1.165, 1.54) is 31.6 Å². The Bertz CT molecular complexity index is 1220. The van der Waals surface area contributed by atoms with Gasteiger partial charge in [-0.15, -0.1) is 0 Å². The van der Waals surface area contributed by atoms with Crippen LogP contribution in [-0.4, -0.2) is 81.5 Å². The fraction of sp³-hybridized carbons (Fsp3) is 0.375. The molecule has 0 saturated carbocycles. The second kappa shape index (κ2) is 13.3. The van der Waals surface area contributed by atoms with Crippen LogP contribution >= 0.6 is 11.6 Å². The Morgan fingerprint density at radius 2 is 1.86 bits per heavy atom. The molecule has 200 valence electrons. The summed E-state index contributed by atoms with van der Waals surface area (Å²) in [6.07, 6.45) is -1.44. The number of carbonyl (C=O) groups is 1. The Balaban J connectivity index is 1.69. The Morgan fingerprint density at radius 1 is 1.11 bits per heavy atom. The number of aromatic nitrogens is 2. The number of halogens is 2. The Kier molecular flexibility index (Phi) is 10.2. The number of ether oxygens (including phenoxy) is 2. The predicted molar refractivity (Wildman–Crippen MR) is 134 cm³/mol. The molecule has 3 rings (SSSR count). The van der Waals surface area contributed by atoms with Crippen molar-refractivity contribution in [1.29, 1.82) is 0 Å². The lowest BCUT2D eigenvalue weighted by atomic mass is 10.1. The summed E-state index contributed by atoms with van der Waals surface area (Å²) < 4.78 is 24.6. The summed E-state index contributed by atoms with van der Waals surface area (Å²) in [7, 11) is 1.44. The molecule has 1 heterocycles. The lowest BCUT2D eigenvalue weighted by Gasteiger charge is -2.19. The van der Waals surface area contributed by atoms with Gasteiger partial charge in [0.15, 0.2) is 11.5 Å². The Morgan fingerprint density at radius 3 is 2.54 bits per heavy atom. The standard InChI is InChI=1S/C24H28ClFN4O7/c1-36-21-8-20-17(24(28-12-27-20)30-13-2-3-19(26)18(25)4-13)7-22(21)37-11-16(34)5-15(33)6-23(35)29-14(9-31)10-32/h2-4,7-8,12,14-16,31-34H,5-6,9-11H2,1H3,(H,29,35)(H,27,28,30). The minimum atomic E-state index is -1.18. The fourth-order valence-corrected chi connectivity index (χ4v) is 3.63. The van der Waals surface area contributed by atoms with Gasteiger partial charge in [0.2, 0.25) is 5.91 Å². The SMILES string of the molecule is COc1cc2ncnc(Nc3ccc(F)c(Cl)c3)c2cc1OCC(O)CC(O)CC(=O)NC(CO)CO. The zero-order valence-corrected chi connectivity index (χ0v) is 20.7. The van der Waals surface area contributed by atoms with E-state index in [1.54, 1.807) is 12.1 Å². The highest BCUT2D eigenvalue weighted by atomic mass is 35.5. The number of hydrogen-bond acceptors (Lipinski definition) is 10. The number of anilines is 2. The van der Waals surface area contributed by atoms with Gasteiger partial charge in [0.05, 0.1) is 55.5 Å². The largest absolute Gasteiger partial charge is 0.493 e. The number of rotatable bonds is 13. The summed E-state index contributed by atoms with van der Waals surface area (Å²) in [4.78, 5) is 20.4. The average Bonchev–Trinajstić information content (AvgIpc) is 2.87. The lowest BCUT2D eigenvalue weighted by Crippen LogP contribution is -2.41. The minimum Gasteiger partial charge on any atom is -0.493 e. The molecular formula is C24H28ClFN4O7. The molecule has 2 atom stereocenters. The van der Waals surface area contributed by atoms with Gasteiger partial charge in [0, 0.05) is 23.6 Å². The second-order valence-electron chi connectivity index (χ2n) is 8.18. The van der Waals surface area contributed by atoms with Crippen molar-refractivity contribution in [3.05, 3.63) is 47.5 Å². The molecule has 0 aliphatic heterocycles. The Labute approximate surface area is 216 Å². The van der Waals surface area contributed by atoms with Gasteiger partial charge in [-0.2, -0.15) is 0 Å². The number of hydrogen-bond donors (Lipinski definition) is 6. The first-order valence-corrected chi connectivity index (χ1v) is 11.7. The summed E-state index contributed by atoms with van der Waals surface area (Å²) in [6.45, 7) is -1.11. The first kappa shape index (κ1) is 28.3. The zero-order valence-electron chi connectivity index (χ0n) is 19.9. The molecule has 0 aliphatic carbocycles. The number of fused-ring (bicyclic) bond motifs is 1. The maximum absolute atomic E-state index is 13.5. The number of nitrogens with zero attached hydrogens (tertiary/aromatic N) is 2. The third-order valence-corrected chi connectivity index (χ3v) is 5.60. The van der Waals surface area contributed by atoms with Crippen LogP contribution in [0.1, 0.15) is 12.8 Å². The van der Waals surface area contributed by atoms with Crippen LogP contribution in [0.25, 0.3) is 10.9 Å². The third-order valence-electron chi connectivity index (χ3n) is 5.31. The molecule has 13 heteroatoms. The van der Waals surface area contributed by atoms with Gasteiger partial charge < -0.3 is 40.5 Å². The number of nitrogens with one attached hydrogen (secondary N) is 2. The summed E-state index contributed by atoms with van der Waals surface area (Å²) >= 11 is 5.87. The predicted octanol–water partition coefficient (Wildman–Crippen LogP) is 1.52. The molecule has 0 fully saturated rings. The van der Waals surface area contributed by atoms with E-state index in [9.17, 15) is 19.4 Å². The van der Waals surface area contributed by atoms with Crippen molar-refractivity contribution in [2.75, 3.05) is 32.2 Å². The number of aliphatic hydroxyl groups is 4. The van der Waals surface area contributed by atoms with Crippen LogP contribution in [0.3, 0.4) is 0 Å². The molecule has 6 N–H and O–H groups in total. The molecule has 2 unspecified atom stereocenters. The van der Waals surface area contributed by atoms with Crippen molar-refractivity contribution in [1.82, 2.24) is 15.3 Å². The monoisotopic (exact) mass is 538 g/mol. The van der Waals surface area contributed by atoms with Gasteiger partial charge in [-0.3, -0.25) is 4.79 Å². The number of methoxy groups -OCH3 is 1. The van der Waals surface area contributed by atoms with Crippen molar-refractivity contribution >= 4 is 39.9 Å². The van der Waals surface area contributed by atoms with Crippen LogP contribution in [0, 0.1) is 5.82 Å². The maximum atomic E-state index is 13.5. The van der Waals surface area contributed by atoms with Gasteiger partial charge in [-0.05, 0) is 24.3 Å². The quantitative estimate of drug-likeness (QED) is 0.188. The molecule has 0 spiro atoms. The molecule has 37 heavy (non-hydrogen) atoms. The number of aliphatic hydroxyl groups excluding tert-OH is 4. The van der Waals surface area contributed by atoms with Crippen LogP contribution in [-0.2, 0) is 4.79 Å². The molecule has 0 bridgehead atoms. The molecular weight excluding hydrogens is 511 g/mol. The normalized spacial score (nSPS) is 12.9. The summed E-state index contributed by atoms with van der Waals surface area (Å²) in [5, 5.41) is 44.4. The van der Waals surface area contributed by atoms with Crippen LogP contribution in [0.4, 0.5) is 15.9 Å². The average molecular weight is 539 g/mol. The van der Waals surface area contributed by atoms with Crippen LogP contribution in [0.15, 0.2) is 36.7 Å². The smallest absolute Gasteiger partial charge is 0.222 e. The highest BCUT2D eigenvalue weighted by Gasteiger charge is 2.19. The van der Waals surface area contributed by atoms with E-state index in [4.69, 9.17) is 31.3 Å². The van der Waals surface area contributed by atoms with Gasteiger partial charge >= 0.3 is 0 Å². The van der Waals surface area contributed by atoms with Crippen molar-refractivity contribution in [3.8, 4) is 11.5 Å². The molecule has 3 aromatic rings. The molecule has 0 aliphatic rings. The highest BCUT2D eigenvalue weighted by molar-refractivity contribution is 6.31. The maximum Gasteiger partial charge on any atom is 0.222 e. The van der Waals surface area contributed by atoms with Gasteiger partial charge in [-0.25, -0.2) is 14.4 Å². The number of carbonyl (C=O) groups excluding carboxylic acids is 1. The second-order valence-corrected chi connectivity index (χ2v) is 8.59. The van der Waals surface area contributed by atoms with Crippen molar-refractivity contribution in [2.24, 2.45) is 0 Å². The number of amides is 1. The molecule has 1 amide bonds. The van der Waals surface area contributed by atoms with Crippen LogP contribution in [0.5, 0.6) is 11.5 Å². The van der Waals surface area contributed by atoms with E-state index >= 15 is 0 Å². The van der Waals surface area contributed by atoms with E-state index in [-0.39, 0.29) is 30.2 Å². The summed E-state index contributed by atoms with van der Waals surface area (Å²) in [5.74, 6) is -0.124. The van der Waals surface area contributed by atoms with E-state index in [1.807, 2.05) is 0 Å². The van der Waals surface area contributed by atoms with Gasteiger partial charge in [0.1, 0.15) is 24.6 Å². The van der Waals surface area contributed by atoms with E-state index < -0.39 is 43.2 Å². The lowest BCUT2D eigenvalue weighted by molar-refractivity contribution is -0.124. The molecule has 11 nitrogen and oxygen atoms in total. The van der Waals surface area contributed by atoms with Crippen molar-refractivity contribution in [2.45, 2.75) is 31.1 Å². The highest BCUT2D eigenvalue weighted by Crippen LogP contribution is 2.35. The van der Waals surface area contributed by atoms with E-state index in [2.05, 4.69) is 20.6 Å². The number of benzene rings is 2. The molecule has 1 aromatic heterocycles. The summed E-state index contributed by atoms with van der Waals surface area (Å²) in [6, 6.07) is 6.56. The first-order chi connectivity index (χ1) is 17.7. The topological polar surface area (TPSA) is 166 Å². The van der Waals surface area contributed by atoms with E-state index in [0.29, 0.717) is 28.2 Å². The molecule has 0 saturated heterocycles. The minimum absolute atomic E-state index is 0.0516. The molecule has 2 aromatic carbocycles. The van der Waals surface area contributed by atoms with Crippen LogP contribution in [0.2, 0.25) is 5.02 Å². The fourth-order valence-electron chi connectivity index (χ4n) is 3.45. The first-order valence-electron chi connectivity index (χ1n) is 11.3. The van der Waals surface area contributed by atoms with Gasteiger partial charge in [-0.1, -0.05) is 11.6 Å². The van der Waals surface area contributed by atoms with Gasteiger partial charge in [0.25, 0.3) is 0 Å². The van der Waals surface area contributed by atoms with Crippen LogP contribution < -0.4 is 20.1 Å².